The van der Waals surface area contributed by atoms with Crippen molar-refractivity contribution in [3.8, 4) is 16.9 Å². The van der Waals surface area contributed by atoms with Crippen LogP contribution >= 0.6 is 0 Å². The van der Waals surface area contributed by atoms with Crippen molar-refractivity contribution in [2.75, 3.05) is 37.4 Å². The molecule has 0 aliphatic carbocycles. The summed E-state index contributed by atoms with van der Waals surface area (Å²) in [6, 6.07) is 24.3. The maximum Gasteiger partial charge on any atom is 0.322 e. The summed E-state index contributed by atoms with van der Waals surface area (Å²) < 4.78 is 20.3. The van der Waals surface area contributed by atoms with Gasteiger partial charge in [0.25, 0.3) is 0 Å². The van der Waals surface area contributed by atoms with Crippen LogP contribution in [0.3, 0.4) is 0 Å². The third kappa shape index (κ3) is 7.52. The van der Waals surface area contributed by atoms with Gasteiger partial charge in [0.05, 0.1) is 11.4 Å². The van der Waals surface area contributed by atoms with Crippen molar-refractivity contribution < 1.29 is 18.7 Å². The second kappa shape index (κ2) is 13.3. The van der Waals surface area contributed by atoms with Crippen LogP contribution in [0.2, 0.25) is 0 Å². The van der Waals surface area contributed by atoms with Gasteiger partial charge in [0, 0.05) is 37.6 Å². The van der Waals surface area contributed by atoms with E-state index in [1.54, 1.807) is 30.0 Å². The second-order valence-electron chi connectivity index (χ2n) is 8.97. The van der Waals surface area contributed by atoms with Gasteiger partial charge in [-0.25, -0.2) is 13.9 Å². The molecule has 0 aliphatic heterocycles. The van der Waals surface area contributed by atoms with Crippen LogP contribution in [0, 0.1) is 5.82 Å². The van der Waals surface area contributed by atoms with Crippen molar-refractivity contribution in [3.05, 3.63) is 96.3 Å². The standard InChI is InChI=1S/C30H32FN5O3/c1-3-22-10-14-25(15-11-22)32-30(38)35(18-7-19-39-2)21-29(37)33-28-20-27(23-8-5-4-6-9-23)34-36(28)26-16-12-24(31)13-17-26/h4-6,8-17,20H,3,7,18-19,21H2,1-2H3,(H,32,38)(H,33,37). The molecule has 0 spiro atoms. The third-order valence-corrected chi connectivity index (χ3v) is 6.13. The normalized spacial score (nSPS) is 10.7. The summed E-state index contributed by atoms with van der Waals surface area (Å²) in [5, 5.41) is 10.4. The molecule has 0 atom stereocenters. The molecule has 0 saturated heterocycles. The fourth-order valence-electron chi connectivity index (χ4n) is 4.03. The van der Waals surface area contributed by atoms with Gasteiger partial charge < -0.3 is 20.3 Å². The Balaban J connectivity index is 1.53. The minimum absolute atomic E-state index is 0.183. The summed E-state index contributed by atoms with van der Waals surface area (Å²) in [5.74, 6) is -0.369. The summed E-state index contributed by atoms with van der Waals surface area (Å²) in [7, 11) is 1.59. The molecule has 1 heterocycles. The Labute approximate surface area is 227 Å². The highest BCUT2D eigenvalue weighted by molar-refractivity contribution is 5.97. The maximum atomic E-state index is 13.6. The number of carbonyl (C=O) groups is 2. The lowest BCUT2D eigenvalue weighted by atomic mass is 10.1. The quantitative estimate of drug-likeness (QED) is 0.242. The molecule has 2 N–H and O–H groups in total. The molecule has 0 unspecified atom stereocenters. The average Bonchev–Trinajstić information content (AvgIpc) is 3.37. The number of carbonyl (C=O) groups excluding carboxylic acids is 2. The highest BCUT2D eigenvalue weighted by Gasteiger charge is 2.20. The molecular formula is C30H32FN5O3. The van der Waals surface area contributed by atoms with Crippen molar-refractivity contribution in [2.24, 2.45) is 0 Å². The van der Waals surface area contributed by atoms with Gasteiger partial charge in [0.15, 0.2) is 0 Å². The van der Waals surface area contributed by atoms with E-state index in [-0.39, 0.29) is 18.4 Å². The number of nitrogens with zero attached hydrogens (tertiary/aromatic N) is 3. The van der Waals surface area contributed by atoms with Crippen molar-refractivity contribution in [1.29, 1.82) is 0 Å². The number of nitrogens with one attached hydrogen (secondary N) is 2. The molecule has 1 aromatic heterocycles. The molecule has 39 heavy (non-hydrogen) atoms. The summed E-state index contributed by atoms with van der Waals surface area (Å²) in [5.41, 5.74) is 3.90. The first kappa shape index (κ1) is 27.5. The Bertz CT molecular complexity index is 1370. The topological polar surface area (TPSA) is 88.5 Å². The predicted molar refractivity (Wildman–Crippen MR) is 150 cm³/mol. The number of aryl methyl sites for hydroxylation is 1. The zero-order chi connectivity index (χ0) is 27.6. The Morgan fingerprint density at radius 3 is 2.36 bits per heavy atom. The van der Waals surface area contributed by atoms with Crippen molar-refractivity contribution in [1.82, 2.24) is 14.7 Å². The highest BCUT2D eigenvalue weighted by Crippen LogP contribution is 2.25. The van der Waals surface area contributed by atoms with Crippen molar-refractivity contribution >= 4 is 23.4 Å². The Morgan fingerprint density at radius 2 is 1.69 bits per heavy atom. The largest absolute Gasteiger partial charge is 0.385 e. The van der Waals surface area contributed by atoms with Crippen molar-refractivity contribution in [3.63, 3.8) is 0 Å². The van der Waals surface area contributed by atoms with E-state index in [0.717, 1.165) is 17.5 Å². The first-order valence-electron chi connectivity index (χ1n) is 12.8. The van der Waals surface area contributed by atoms with Gasteiger partial charge in [0.1, 0.15) is 18.2 Å². The van der Waals surface area contributed by atoms with E-state index in [9.17, 15) is 14.0 Å². The van der Waals surface area contributed by atoms with Crippen LogP contribution in [0.25, 0.3) is 16.9 Å². The fraction of sp³-hybridized carbons (Fsp3) is 0.233. The molecule has 202 valence electrons. The number of ether oxygens (including phenoxy) is 1. The lowest BCUT2D eigenvalue weighted by molar-refractivity contribution is -0.116. The molecule has 4 aromatic rings. The summed E-state index contributed by atoms with van der Waals surface area (Å²) in [6.45, 7) is 2.66. The number of urea groups is 1. The first-order valence-corrected chi connectivity index (χ1v) is 12.8. The predicted octanol–water partition coefficient (Wildman–Crippen LogP) is 5.75. The molecule has 4 rings (SSSR count). The number of hydrogen-bond acceptors (Lipinski definition) is 4. The monoisotopic (exact) mass is 529 g/mol. The van der Waals surface area contributed by atoms with Gasteiger partial charge in [0.2, 0.25) is 5.91 Å². The van der Waals surface area contributed by atoms with Gasteiger partial charge in [-0.15, -0.1) is 0 Å². The van der Waals surface area contributed by atoms with Gasteiger partial charge in [-0.1, -0.05) is 49.4 Å². The van der Waals surface area contributed by atoms with E-state index >= 15 is 0 Å². The van der Waals surface area contributed by atoms with Crippen LogP contribution < -0.4 is 10.6 Å². The van der Waals surface area contributed by atoms with Crippen LogP contribution in [0.4, 0.5) is 20.7 Å². The summed E-state index contributed by atoms with van der Waals surface area (Å²) in [4.78, 5) is 27.8. The number of rotatable bonds is 11. The number of benzene rings is 3. The van der Waals surface area contributed by atoms with E-state index in [4.69, 9.17) is 4.74 Å². The number of aromatic nitrogens is 2. The lowest BCUT2D eigenvalue weighted by Crippen LogP contribution is -2.41. The number of halogens is 1. The Morgan fingerprint density at radius 1 is 0.974 bits per heavy atom. The van der Waals surface area contributed by atoms with E-state index in [0.29, 0.717) is 42.5 Å². The molecule has 0 aliphatic rings. The smallest absolute Gasteiger partial charge is 0.322 e. The van der Waals surface area contributed by atoms with E-state index in [1.807, 2.05) is 54.6 Å². The molecule has 8 nitrogen and oxygen atoms in total. The molecule has 0 saturated carbocycles. The minimum atomic E-state index is -0.397. The first-order chi connectivity index (χ1) is 19.0. The maximum absolute atomic E-state index is 13.6. The zero-order valence-electron chi connectivity index (χ0n) is 22.1. The molecule has 3 amide bonds. The molecule has 0 radical (unpaired) electrons. The fourth-order valence-corrected chi connectivity index (χ4v) is 4.03. The van der Waals surface area contributed by atoms with Gasteiger partial charge in [-0.05, 0) is 54.8 Å². The highest BCUT2D eigenvalue weighted by atomic mass is 19.1. The van der Waals surface area contributed by atoms with E-state index < -0.39 is 5.91 Å². The second-order valence-corrected chi connectivity index (χ2v) is 8.97. The van der Waals surface area contributed by atoms with Crippen LogP contribution in [-0.2, 0) is 16.0 Å². The number of amides is 3. The summed E-state index contributed by atoms with van der Waals surface area (Å²) >= 11 is 0. The van der Waals surface area contributed by atoms with E-state index in [1.165, 1.54) is 17.0 Å². The lowest BCUT2D eigenvalue weighted by Gasteiger charge is -2.23. The molecule has 3 aromatic carbocycles. The van der Waals surface area contributed by atoms with Crippen LogP contribution in [0.5, 0.6) is 0 Å². The Hall–Kier alpha value is -4.50. The van der Waals surface area contributed by atoms with Gasteiger partial charge in [-0.2, -0.15) is 5.10 Å². The van der Waals surface area contributed by atoms with Crippen LogP contribution in [0.15, 0.2) is 84.9 Å². The molecule has 0 fully saturated rings. The summed E-state index contributed by atoms with van der Waals surface area (Å²) in [6.07, 6.45) is 1.47. The van der Waals surface area contributed by atoms with E-state index in [2.05, 4.69) is 22.7 Å². The SMILES string of the molecule is CCc1ccc(NC(=O)N(CCCOC)CC(=O)Nc2cc(-c3ccccc3)nn2-c2ccc(F)cc2)cc1. The minimum Gasteiger partial charge on any atom is -0.385 e. The zero-order valence-corrected chi connectivity index (χ0v) is 22.1. The number of hydrogen-bond donors (Lipinski definition) is 2. The van der Waals surface area contributed by atoms with Gasteiger partial charge >= 0.3 is 6.03 Å². The molecule has 0 bridgehead atoms. The third-order valence-electron chi connectivity index (χ3n) is 6.13. The van der Waals surface area contributed by atoms with Crippen LogP contribution in [0.1, 0.15) is 18.9 Å². The Kier molecular flexibility index (Phi) is 9.42. The van der Waals surface area contributed by atoms with Crippen LogP contribution in [-0.4, -0.2) is 53.4 Å². The number of anilines is 2. The van der Waals surface area contributed by atoms with Gasteiger partial charge in [-0.3, -0.25) is 4.79 Å². The average molecular weight is 530 g/mol. The number of methoxy groups -OCH3 is 1. The molecular weight excluding hydrogens is 497 g/mol. The van der Waals surface area contributed by atoms with Crippen molar-refractivity contribution in [2.45, 2.75) is 19.8 Å². The molecule has 9 heteroatoms.